The van der Waals surface area contributed by atoms with Crippen molar-refractivity contribution in [1.29, 1.82) is 0 Å². The number of esters is 1. The van der Waals surface area contributed by atoms with Gasteiger partial charge in [-0.15, -0.1) is 0 Å². The van der Waals surface area contributed by atoms with Gasteiger partial charge in [-0.3, -0.25) is 19.3 Å². The molecule has 7 heteroatoms. The van der Waals surface area contributed by atoms with Crippen LogP contribution in [0, 0.1) is 5.92 Å². The van der Waals surface area contributed by atoms with E-state index in [1.54, 1.807) is 43.0 Å². The van der Waals surface area contributed by atoms with E-state index in [0.29, 0.717) is 6.54 Å². The minimum absolute atomic E-state index is 0.122. The number of carbonyl (C=O) groups excluding carboxylic acids is 4. The Bertz CT molecular complexity index is 769. The summed E-state index contributed by atoms with van der Waals surface area (Å²) in [7, 11) is 0. The summed E-state index contributed by atoms with van der Waals surface area (Å²) < 4.78 is 5.26. The number of carbonyl (C=O) groups is 4. The number of nitrogens with zero attached hydrogens (tertiary/aromatic N) is 2. The maximum Gasteiger partial charge on any atom is 0.330 e. The summed E-state index contributed by atoms with van der Waals surface area (Å²) >= 11 is 0. The van der Waals surface area contributed by atoms with Crippen molar-refractivity contribution >= 4 is 23.7 Å². The van der Waals surface area contributed by atoms with Crippen LogP contribution in [0.15, 0.2) is 24.3 Å². The van der Waals surface area contributed by atoms with Crippen LogP contribution in [-0.2, 0) is 14.3 Å². The van der Waals surface area contributed by atoms with Crippen LogP contribution in [0.4, 0.5) is 0 Å². The van der Waals surface area contributed by atoms with E-state index in [0.717, 1.165) is 24.2 Å². The van der Waals surface area contributed by atoms with Crippen molar-refractivity contribution in [1.82, 2.24) is 9.80 Å². The molecule has 0 bridgehead atoms. The highest BCUT2D eigenvalue weighted by atomic mass is 16.5. The highest BCUT2D eigenvalue weighted by Gasteiger charge is 2.44. The number of rotatable bonds is 5. The summed E-state index contributed by atoms with van der Waals surface area (Å²) in [4.78, 5) is 53.3. The Morgan fingerprint density at radius 1 is 1.11 bits per heavy atom. The van der Waals surface area contributed by atoms with E-state index in [9.17, 15) is 19.2 Å². The van der Waals surface area contributed by atoms with E-state index >= 15 is 0 Å². The largest absolute Gasteiger partial charge is 0.454 e. The second-order valence-electron chi connectivity index (χ2n) is 7.75. The zero-order chi connectivity index (χ0) is 20.4. The zero-order valence-electron chi connectivity index (χ0n) is 16.5. The van der Waals surface area contributed by atoms with E-state index in [1.807, 2.05) is 6.92 Å². The van der Waals surface area contributed by atoms with E-state index in [-0.39, 0.29) is 35.6 Å². The Kier molecular flexibility index (Phi) is 5.82. The van der Waals surface area contributed by atoms with Gasteiger partial charge in [-0.1, -0.05) is 26.0 Å². The lowest BCUT2D eigenvalue weighted by Crippen LogP contribution is -2.50. The van der Waals surface area contributed by atoms with E-state index < -0.39 is 23.8 Å². The molecule has 2 aliphatic heterocycles. The predicted molar refractivity (Wildman–Crippen MR) is 102 cm³/mol. The fraction of sp³-hybridized carbons (Fsp3) is 0.524. The van der Waals surface area contributed by atoms with E-state index in [2.05, 4.69) is 0 Å². The van der Waals surface area contributed by atoms with Gasteiger partial charge in [0.1, 0.15) is 6.04 Å². The number of hydrogen-bond donors (Lipinski definition) is 0. The standard InChI is InChI=1S/C21H26N2O5/c1-13(2)18(23-19(25)15-9-4-5-10-16(15)20(23)26)21(27)28-12-17(24)22-11-7-6-8-14(22)3/h4-5,9-10,13-14,18H,6-8,11-12H2,1-3H3/t14-,18-/m1/s1. The van der Waals surface area contributed by atoms with Crippen LogP contribution in [-0.4, -0.2) is 58.7 Å². The molecule has 2 atom stereocenters. The number of piperidine rings is 1. The van der Waals surface area contributed by atoms with Crippen molar-refractivity contribution < 1.29 is 23.9 Å². The molecule has 1 aromatic rings. The summed E-state index contributed by atoms with van der Waals surface area (Å²) in [6.07, 6.45) is 2.96. The molecule has 3 rings (SSSR count). The van der Waals surface area contributed by atoms with Crippen molar-refractivity contribution in [2.45, 2.75) is 52.1 Å². The summed E-state index contributed by atoms with van der Waals surface area (Å²) in [6.45, 7) is 5.74. The molecule has 7 nitrogen and oxygen atoms in total. The minimum atomic E-state index is -1.07. The molecule has 2 aliphatic rings. The Morgan fingerprint density at radius 2 is 1.71 bits per heavy atom. The molecule has 0 unspecified atom stereocenters. The monoisotopic (exact) mass is 386 g/mol. The minimum Gasteiger partial charge on any atom is -0.454 e. The predicted octanol–water partition coefficient (Wildman–Crippen LogP) is 2.25. The number of imide groups is 1. The van der Waals surface area contributed by atoms with Crippen molar-refractivity contribution in [2.75, 3.05) is 13.2 Å². The first kappa shape index (κ1) is 20.0. The van der Waals surface area contributed by atoms with Crippen molar-refractivity contribution in [2.24, 2.45) is 5.92 Å². The van der Waals surface area contributed by atoms with Gasteiger partial charge in [0.05, 0.1) is 11.1 Å². The first-order valence-electron chi connectivity index (χ1n) is 9.76. The van der Waals surface area contributed by atoms with Crippen LogP contribution in [0.1, 0.15) is 60.7 Å². The van der Waals surface area contributed by atoms with Gasteiger partial charge in [0, 0.05) is 12.6 Å². The fourth-order valence-electron chi connectivity index (χ4n) is 3.91. The SMILES string of the molecule is CC(C)[C@H](C(=O)OCC(=O)N1CCCC[C@H]1C)N1C(=O)c2ccccc2C1=O. The van der Waals surface area contributed by atoms with Crippen LogP contribution in [0.5, 0.6) is 0 Å². The lowest BCUT2D eigenvalue weighted by Gasteiger charge is -2.33. The molecular weight excluding hydrogens is 360 g/mol. The Balaban J connectivity index is 1.71. The summed E-state index contributed by atoms with van der Waals surface area (Å²) in [6, 6.07) is 5.54. The van der Waals surface area contributed by atoms with Gasteiger partial charge < -0.3 is 9.64 Å². The summed E-state index contributed by atoms with van der Waals surface area (Å²) in [5.74, 6) is -2.34. The van der Waals surface area contributed by atoms with Crippen LogP contribution < -0.4 is 0 Å². The smallest absolute Gasteiger partial charge is 0.330 e. The van der Waals surface area contributed by atoms with Crippen molar-refractivity contribution in [3.05, 3.63) is 35.4 Å². The second kappa shape index (κ2) is 8.12. The van der Waals surface area contributed by atoms with Crippen molar-refractivity contribution in [3.63, 3.8) is 0 Å². The third kappa shape index (κ3) is 3.66. The van der Waals surface area contributed by atoms with Crippen LogP contribution in [0.3, 0.4) is 0 Å². The average Bonchev–Trinajstić information content (AvgIpc) is 2.92. The lowest BCUT2D eigenvalue weighted by atomic mass is 10.0. The average molecular weight is 386 g/mol. The third-order valence-electron chi connectivity index (χ3n) is 5.44. The molecule has 150 valence electrons. The normalized spacial score (nSPS) is 20.4. The number of fused-ring (bicyclic) bond motifs is 1. The number of benzene rings is 1. The molecule has 28 heavy (non-hydrogen) atoms. The molecular formula is C21H26N2O5. The molecule has 0 spiro atoms. The van der Waals surface area contributed by atoms with Gasteiger partial charge in [-0.05, 0) is 44.2 Å². The van der Waals surface area contributed by atoms with Crippen LogP contribution in [0.25, 0.3) is 0 Å². The Labute approximate surface area is 164 Å². The van der Waals surface area contributed by atoms with E-state index in [4.69, 9.17) is 4.74 Å². The number of amides is 3. The van der Waals surface area contributed by atoms with Crippen molar-refractivity contribution in [3.8, 4) is 0 Å². The van der Waals surface area contributed by atoms with Gasteiger partial charge in [-0.2, -0.15) is 0 Å². The summed E-state index contributed by atoms with van der Waals surface area (Å²) in [5.41, 5.74) is 0.563. The topological polar surface area (TPSA) is 84.0 Å². The van der Waals surface area contributed by atoms with Gasteiger partial charge >= 0.3 is 5.97 Å². The number of likely N-dealkylation sites (tertiary alicyclic amines) is 1. The molecule has 1 saturated heterocycles. The molecule has 0 aliphatic carbocycles. The lowest BCUT2D eigenvalue weighted by molar-refractivity contribution is -0.157. The molecule has 0 saturated carbocycles. The number of ether oxygens (including phenoxy) is 1. The molecule has 0 aromatic heterocycles. The second-order valence-corrected chi connectivity index (χ2v) is 7.75. The molecule has 0 N–H and O–H groups in total. The zero-order valence-corrected chi connectivity index (χ0v) is 16.5. The Hall–Kier alpha value is -2.70. The molecule has 0 radical (unpaired) electrons. The van der Waals surface area contributed by atoms with Gasteiger partial charge in [0.2, 0.25) is 0 Å². The molecule has 3 amide bonds. The molecule has 2 heterocycles. The molecule has 1 fully saturated rings. The molecule has 1 aromatic carbocycles. The quantitative estimate of drug-likeness (QED) is 0.572. The van der Waals surface area contributed by atoms with Gasteiger partial charge in [0.25, 0.3) is 17.7 Å². The fourth-order valence-corrected chi connectivity index (χ4v) is 3.91. The number of hydrogen-bond acceptors (Lipinski definition) is 5. The van der Waals surface area contributed by atoms with Crippen LogP contribution >= 0.6 is 0 Å². The van der Waals surface area contributed by atoms with Crippen LogP contribution in [0.2, 0.25) is 0 Å². The highest BCUT2D eigenvalue weighted by Crippen LogP contribution is 2.27. The van der Waals surface area contributed by atoms with Gasteiger partial charge in [0.15, 0.2) is 6.61 Å². The summed E-state index contributed by atoms with van der Waals surface area (Å²) in [5, 5.41) is 0. The maximum absolute atomic E-state index is 12.7. The van der Waals surface area contributed by atoms with Gasteiger partial charge in [-0.25, -0.2) is 4.79 Å². The highest BCUT2D eigenvalue weighted by molar-refractivity contribution is 6.22. The van der Waals surface area contributed by atoms with E-state index in [1.165, 1.54) is 0 Å². The Morgan fingerprint density at radius 3 is 2.25 bits per heavy atom. The first-order valence-corrected chi connectivity index (χ1v) is 9.76. The first-order chi connectivity index (χ1) is 13.3. The maximum atomic E-state index is 12.7. The third-order valence-corrected chi connectivity index (χ3v) is 5.44.